The molecule has 10 heteroatoms. The average molecular weight is 561 g/mol. The van der Waals surface area contributed by atoms with Crippen molar-refractivity contribution in [2.45, 2.75) is 62.3 Å². The third-order valence-corrected chi connectivity index (χ3v) is 8.68. The van der Waals surface area contributed by atoms with E-state index in [1.807, 2.05) is 13.8 Å². The zero-order valence-corrected chi connectivity index (χ0v) is 23.2. The zero-order valence-electron chi connectivity index (χ0n) is 22.4. The van der Waals surface area contributed by atoms with Gasteiger partial charge in [0.1, 0.15) is 5.82 Å². The number of pyridine rings is 1. The summed E-state index contributed by atoms with van der Waals surface area (Å²) in [5.74, 6) is -1.19. The first kappa shape index (κ1) is 28.6. The molecule has 2 aromatic carbocycles. The second kappa shape index (κ2) is 11.8. The van der Waals surface area contributed by atoms with Crippen LogP contribution in [0.5, 0.6) is 5.88 Å². The summed E-state index contributed by atoms with van der Waals surface area (Å²) < 4.78 is 42.8. The Kier molecular flexibility index (Phi) is 8.45. The van der Waals surface area contributed by atoms with Crippen molar-refractivity contribution in [2.75, 3.05) is 0 Å². The van der Waals surface area contributed by atoms with Gasteiger partial charge in [0, 0.05) is 18.2 Å². The van der Waals surface area contributed by atoms with Crippen molar-refractivity contribution < 1.29 is 17.9 Å². The van der Waals surface area contributed by atoms with E-state index in [-0.39, 0.29) is 10.7 Å². The maximum absolute atomic E-state index is 14.0. The summed E-state index contributed by atoms with van der Waals surface area (Å²) in [6.07, 6.45) is 3.61. The normalized spacial score (nSPS) is 12.2. The number of aryl methyl sites for hydroxylation is 1. The molecule has 4 aromatic rings. The van der Waals surface area contributed by atoms with Crippen LogP contribution in [0, 0.1) is 24.2 Å². The van der Waals surface area contributed by atoms with Gasteiger partial charge in [0.15, 0.2) is 4.90 Å². The van der Waals surface area contributed by atoms with Crippen LogP contribution < -0.4 is 5.56 Å². The average Bonchev–Trinajstić information content (AvgIpc) is 2.95. The van der Waals surface area contributed by atoms with Crippen LogP contribution in [0.4, 0.5) is 4.39 Å². The minimum absolute atomic E-state index is 0.211. The summed E-state index contributed by atoms with van der Waals surface area (Å²) in [6, 6.07) is 15.5. The fraction of sp³-hybridized carbons (Fsp3) is 0.267. The number of hydrogen-bond donors (Lipinski definition) is 1. The van der Waals surface area contributed by atoms with Crippen molar-refractivity contribution >= 4 is 9.84 Å². The first-order valence-electron chi connectivity index (χ1n) is 12.9. The maximum atomic E-state index is 14.0. The zero-order chi connectivity index (χ0) is 29.0. The monoisotopic (exact) mass is 560 g/mol. The molecule has 0 saturated carbocycles. The molecule has 0 amide bonds. The molecule has 2 heterocycles. The fourth-order valence-electron chi connectivity index (χ4n) is 4.72. The fourth-order valence-corrected chi connectivity index (χ4v) is 6.06. The Balaban J connectivity index is 1.86. The number of benzene rings is 2. The Hall–Kier alpha value is -4.36. The van der Waals surface area contributed by atoms with Gasteiger partial charge in [-0.25, -0.2) is 13.4 Å². The van der Waals surface area contributed by atoms with Gasteiger partial charge in [-0.3, -0.25) is 9.36 Å². The Bertz CT molecular complexity index is 1740. The highest BCUT2D eigenvalue weighted by atomic mass is 32.2. The predicted octanol–water partition coefficient (Wildman–Crippen LogP) is 5.50. The van der Waals surface area contributed by atoms with E-state index >= 15 is 0 Å². The lowest BCUT2D eigenvalue weighted by molar-refractivity contribution is 0.406. The van der Waals surface area contributed by atoms with E-state index in [9.17, 15) is 22.7 Å². The van der Waals surface area contributed by atoms with Gasteiger partial charge in [-0.15, -0.1) is 0 Å². The molecule has 0 aliphatic rings. The van der Waals surface area contributed by atoms with Gasteiger partial charge in [0.05, 0.1) is 22.6 Å². The van der Waals surface area contributed by atoms with E-state index in [0.717, 1.165) is 6.42 Å². The minimum Gasteiger partial charge on any atom is -0.492 e. The molecule has 40 heavy (non-hydrogen) atoms. The third kappa shape index (κ3) is 5.38. The summed E-state index contributed by atoms with van der Waals surface area (Å²) in [6.45, 7) is 5.42. The first-order chi connectivity index (χ1) is 19.1. The molecular formula is C30H29FN4O4S. The lowest BCUT2D eigenvalue weighted by Gasteiger charge is -2.23. The van der Waals surface area contributed by atoms with Gasteiger partial charge in [0.25, 0.3) is 5.56 Å². The molecular weight excluding hydrogens is 531 g/mol. The number of nitriles is 1. The van der Waals surface area contributed by atoms with Crippen molar-refractivity contribution in [3.05, 3.63) is 99.6 Å². The van der Waals surface area contributed by atoms with Crippen LogP contribution in [0.3, 0.4) is 0 Å². The van der Waals surface area contributed by atoms with Crippen LogP contribution in [0.25, 0.3) is 11.1 Å². The van der Waals surface area contributed by atoms with Gasteiger partial charge in [-0.05, 0) is 66.8 Å². The van der Waals surface area contributed by atoms with Crippen LogP contribution in [0.1, 0.15) is 61.7 Å². The highest BCUT2D eigenvalue weighted by Gasteiger charge is 2.31. The number of aromatic nitrogens is 3. The van der Waals surface area contributed by atoms with Crippen LogP contribution in [0.2, 0.25) is 0 Å². The molecule has 1 N–H and O–H groups in total. The number of nitrogens with zero attached hydrogens (tertiary/aromatic N) is 4. The second-order valence-electron chi connectivity index (χ2n) is 9.42. The largest absolute Gasteiger partial charge is 0.492 e. The summed E-state index contributed by atoms with van der Waals surface area (Å²) >= 11 is 0. The predicted molar refractivity (Wildman–Crippen MR) is 148 cm³/mol. The highest BCUT2D eigenvalue weighted by Crippen LogP contribution is 2.31. The van der Waals surface area contributed by atoms with Gasteiger partial charge in [-0.2, -0.15) is 14.6 Å². The SMILES string of the molecule is CCCCc1nc(O)c(S(=O)(=O)c2ccc(-c3ccnc(F)c3C)cc2)c(=O)n1[C@@H](CC)c1ccc(C#N)cc1. The standard InChI is InChI=1S/C30H29FN4O4S/c1-4-6-7-26-34-29(36)27(30(37)35(26)25(5-2)22-10-8-20(18-32)9-11-22)40(38,39)23-14-12-21(13-15-23)24-16-17-33-28(31)19(24)3/h8-17,25,36H,4-7H2,1-3H3/t25-/m0/s1. The number of sulfone groups is 1. The first-order valence-corrected chi connectivity index (χ1v) is 14.4. The van der Waals surface area contributed by atoms with Gasteiger partial charge in [-0.1, -0.05) is 44.5 Å². The van der Waals surface area contributed by atoms with Crippen molar-refractivity contribution in [3.63, 3.8) is 0 Å². The molecule has 0 unspecified atom stereocenters. The Morgan fingerprint density at radius 2 is 1.75 bits per heavy atom. The smallest absolute Gasteiger partial charge is 0.277 e. The molecule has 0 spiro atoms. The lowest BCUT2D eigenvalue weighted by Crippen LogP contribution is -2.33. The molecule has 0 fully saturated rings. The number of hydrogen-bond acceptors (Lipinski definition) is 7. The molecule has 0 aliphatic heterocycles. The van der Waals surface area contributed by atoms with E-state index < -0.39 is 38.2 Å². The molecule has 1 atom stereocenters. The Morgan fingerprint density at radius 3 is 2.35 bits per heavy atom. The quantitative estimate of drug-likeness (QED) is 0.268. The molecule has 8 nitrogen and oxygen atoms in total. The summed E-state index contributed by atoms with van der Waals surface area (Å²) in [5.41, 5.74) is 1.74. The summed E-state index contributed by atoms with van der Waals surface area (Å²) in [7, 11) is -4.49. The van der Waals surface area contributed by atoms with Crippen LogP contribution in [-0.2, 0) is 16.3 Å². The van der Waals surface area contributed by atoms with Crippen molar-refractivity contribution in [3.8, 4) is 23.1 Å². The van der Waals surface area contributed by atoms with E-state index in [1.54, 1.807) is 37.3 Å². The lowest BCUT2D eigenvalue weighted by atomic mass is 10.0. The van der Waals surface area contributed by atoms with E-state index in [4.69, 9.17) is 5.26 Å². The van der Waals surface area contributed by atoms with Crippen molar-refractivity contribution in [1.29, 1.82) is 5.26 Å². The molecule has 0 saturated heterocycles. The van der Waals surface area contributed by atoms with Crippen molar-refractivity contribution in [2.24, 2.45) is 0 Å². The molecule has 4 rings (SSSR count). The van der Waals surface area contributed by atoms with E-state index in [2.05, 4.69) is 16.0 Å². The van der Waals surface area contributed by atoms with Crippen LogP contribution >= 0.6 is 0 Å². The third-order valence-electron chi connectivity index (χ3n) is 6.89. The topological polar surface area (TPSA) is 126 Å². The molecule has 2 aromatic heterocycles. The Morgan fingerprint density at radius 1 is 1.07 bits per heavy atom. The van der Waals surface area contributed by atoms with Crippen molar-refractivity contribution in [1.82, 2.24) is 14.5 Å². The maximum Gasteiger partial charge on any atom is 0.277 e. The minimum atomic E-state index is -4.49. The molecule has 206 valence electrons. The van der Waals surface area contributed by atoms with Gasteiger partial charge < -0.3 is 5.11 Å². The number of rotatable bonds is 9. The van der Waals surface area contributed by atoms with Gasteiger partial charge in [0.2, 0.25) is 21.7 Å². The molecule has 0 radical (unpaired) electrons. The molecule has 0 bridgehead atoms. The van der Waals surface area contributed by atoms with Crippen LogP contribution in [-0.4, -0.2) is 28.1 Å². The van der Waals surface area contributed by atoms with Gasteiger partial charge >= 0.3 is 0 Å². The number of halogens is 1. The van der Waals surface area contributed by atoms with Crippen LogP contribution in [0.15, 0.2) is 75.4 Å². The van der Waals surface area contributed by atoms with E-state index in [0.29, 0.717) is 47.1 Å². The Labute approximate surface area is 232 Å². The highest BCUT2D eigenvalue weighted by molar-refractivity contribution is 7.91. The summed E-state index contributed by atoms with van der Waals surface area (Å²) in [4.78, 5) is 20.8. The number of aromatic hydroxyl groups is 1. The number of unbranched alkanes of at least 4 members (excludes halogenated alkanes) is 1. The molecule has 0 aliphatic carbocycles. The second-order valence-corrected chi connectivity index (χ2v) is 11.3. The summed E-state index contributed by atoms with van der Waals surface area (Å²) in [5, 5.41) is 20.0. The van der Waals surface area contributed by atoms with E-state index in [1.165, 1.54) is 35.0 Å².